The Labute approximate surface area is 188 Å². The first-order chi connectivity index (χ1) is 14.0. The molecule has 170 valence electrons. The van der Waals surface area contributed by atoms with E-state index >= 15 is 0 Å². The minimum atomic E-state index is 0.392. The van der Waals surface area contributed by atoms with Crippen molar-refractivity contribution < 1.29 is 0 Å². The SMILES string of the molecule is CC(C)CCC[C@@H](C)[C@H]1CC[C@@]2(C)C3=CCC4C(C)(C)CCC[C@]4(C)C3=CC[C@]12C. The fourth-order valence-corrected chi connectivity index (χ4v) is 9.09. The highest BCUT2D eigenvalue weighted by molar-refractivity contribution is 5.49. The van der Waals surface area contributed by atoms with Crippen LogP contribution in [0.15, 0.2) is 23.3 Å². The van der Waals surface area contributed by atoms with Crippen molar-refractivity contribution >= 4 is 0 Å². The molecule has 4 aliphatic rings. The summed E-state index contributed by atoms with van der Waals surface area (Å²) in [6.07, 6.45) is 19.5. The average molecular weight is 411 g/mol. The first-order valence-corrected chi connectivity index (χ1v) is 13.4. The topological polar surface area (TPSA) is 0 Å². The monoisotopic (exact) mass is 410 g/mol. The molecule has 0 aromatic carbocycles. The van der Waals surface area contributed by atoms with Crippen LogP contribution in [0.3, 0.4) is 0 Å². The maximum absolute atomic E-state index is 2.76. The summed E-state index contributed by atoms with van der Waals surface area (Å²) in [6.45, 7) is 20.4. The quantitative estimate of drug-likeness (QED) is 0.423. The van der Waals surface area contributed by atoms with Crippen LogP contribution in [0.25, 0.3) is 0 Å². The van der Waals surface area contributed by atoms with Gasteiger partial charge in [-0.3, -0.25) is 0 Å². The van der Waals surface area contributed by atoms with Crippen LogP contribution in [-0.2, 0) is 0 Å². The Balaban J connectivity index is 1.63. The molecule has 0 heteroatoms. The lowest BCUT2D eigenvalue weighted by molar-refractivity contribution is 0.00740. The van der Waals surface area contributed by atoms with E-state index in [1.807, 2.05) is 0 Å². The lowest BCUT2D eigenvalue weighted by atomic mass is 9.44. The molecule has 4 aliphatic carbocycles. The normalized spacial score (nSPS) is 43.4. The van der Waals surface area contributed by atoms with Gasteiger partial charge in [0.05, 0.1) is 0 Å². The zero-order valence-corrected chi connectivity index (χ0v) is 21.5. The van der Waals surface area contributed by atoms with Crippen LogP contribution >= 0.6 is 0 Å². The molecule has 0 N–H and O–H groups in total. The van der Waals surface area contributed by atoms with E-state index in [0.717, 1.165) is 23.7 Å². The third-order valence-corrected chi connectivity index (χ3v) is 11.2. The number of hydrogen-bond acceptors (Lipinski definition) is 0. The molecule has 0 amide bonds. The lowest BCUT2D eigenvalue weighted by Gasteiger charge is -2.60. The maximum atomic E-state index is 2.76. The van der Waals surface area contributed by atoms with Crippen LogP contribution in [0.2, 0.25) is 0 Å². The van der Waals surface area contributed by atoms with Crippen LogP contribution < -0.4 is 0 Å². The summed E-state index contributed by atoms with van der Waals surface area (Å²) in [5.41, 5.74) is 5.33. The van der Waals surface area contributed by atoms with Gasteiger partial charge in [-0.25, -0.2) is 0 Å². The molecular weight excluding hydrogens is 360 g/mol. The van der Waals surface area contributed by atoms with Crippen molar-refractivity contribution in [2.75, 3.05) is 0 Å². The predicted molar refractivity (Wildman–Crippen MR) is 131 cm³/mol. The summed E-state index contributed by atoms with van der Waals surface area (Å²) in [5, 5.41) is 0. The van der Waals surface area contributed by atoms with E-state index in [1.165, 1.54) is 64.2 Å². The molecular formula is C30H50. The standard InChI is InChI=1S/C30H50/c1-21(2)11-9-12-22(3)23-15-19-30(8)25-13-14-26-27(4,5)17-10-18-28(26,6)24(25)16-20-29(23,30)7/h13,16,21-23,26H,9-12,14-15,17-20H2,1-8H3/t22-,23-,26?,28-,29-,30+/m1/s1. The molecule has 6 atom stereocenters. The summed E-state index contributed by atoms with van der Waals surface area (Å²) >= 11 is 0. The minimum Gasteiger partial charge on any atom is -0.0801 e. The molecule has 0 radical (unpaired) electrons. The van der Waals surface area contributed by atoms with Gasteiger partial charge in [0.1, 0.15) is 0 Å². The van der Waals surface area contributed by atoms with Crippen molar-refractivity contribution in [1.29, 1.82) is 0 Å². The lowest BCUT2D eigenvalue weighted by Crippen LogP contribution is -2.50. The van der Waals surface area contributed by atoms with Crippen LogP contribution in [0.4, 0.5) is 0 Å². The van der Waals surface area contributed by atoms with Gasteiger partial charge >= 0.3 is 0 Å². The Morgan fingerprint density at radius 2 is 1.63 bits per heavy atom. The van der Waals surface area contributed by atoms with Gasteiger partial charge in [0.25, 0.3) is 0 Å². The van der Waals surface area contributed by atoms with Crippen molar-refractivity contribution in [3.05, 3.63) is 23.3 Å². The summed E-state index contributed by atoms with van der Waals surface area (Å²) in [7, 11) is 0. The molecule has 0 aromatic rings. The zero-order chi connectivity index (χ0) is 21.9. The van der Waals surface area contributed by atoms with E-state index in [9.17, 15) is 0 Å². The van der Waals surface area contributed by atoms with Crippen molar-refractivity contribution in [3.8, 4) is 0 Å². The van der Waals surface area contributed by atoms with Gasteiger partial charge in [-0.15, -0.1) is 0 Å². The van der Waals surface area contributed by atoms with Crippen molar-refractivity contribution in [2.24, 2.45) is 45.3 Å². The van der Waals surface area contributed by atoms with Crippen molar-refractivity contribution in [3.63, 3.8) is 0 Å². The second-order valence-corrected chi connectivity index (χ2v) is 13.7. The molecule has 0 heterocycles. The van der Waals surface area contributed by atoms with Gasteiger partial charge in [0.2, 0.25) is 0 Å². The van der Waals surface area contributed by atoms with Crippen LogP contribution in [0.1, 0.15) is 120 Å². The summed E-state index contributed by atoms with van der Waals surface area (Å²) in [6, 6.07) is 0. The fraction of sp³-hybridized carbons (Fsp3) is 0.867. The second-order valence-electron chi connectivity index (χ2n) is 13.7. The summed E-state index contributed by atoms with van der Waals surface area (Å²) in [5.74, 6) is 3.44. The zero-order valence-electron chi connectivity index (χ0n) is 21.5. The largest absolute Gasteiger partial charge is 0.0801 e. The molecule has 0 saturated heterocycles. The van der Waals surface area contributed by atoms with Crippen molar-refractivity contribution in [1.82, 2.24) is 0 Å². The fourth-order valence-electron chi connectivity index (χ4n) is 9.09. The molecule has 0 aromatic heterocycles. The second kappa shape index (κ2) is 7.52. The van der Waals surface area contributed by atoms with Crippen molar-refractivity contribution in [2.45, 2.75) is 120 Å². The third kappa shape index (κ3) is 3.21. The van der Waals surface area contributed by atoms with Gasteiger partial charge in [-0.05, 0) is 95.0 Å². The van der Waals surface area contributed by atoms with Gasteiger partial charge in [0, 0.05) is 0 Å². The van der Waals surface area contributed by atoms with Crippen LogP contribution in [-0.4, -0.2) is 0 Å². The first-order valence-electron chi connectivity index (χ1n) is 13.4. The molecule has 0 spiro atoms. The van der Waals surface area contributed by atoms with Crippen LogP contribution in [0.5, 0.6) is 0 Å². The molecule has 0 bridgehead atoms. The predicted octanol–water partition coefficient (Wildman–Crippen LogP) is 9.36. The molecule has 2 saturated carbocycles. The Kier molecular flexibility index (Phi) is 5.68. The molecule has 2 fully saturated rings. The highest BCUT2D eigenvalue weighted by Crippen LogP contribution is 2.71. The first kappa shape index (κ1) is 22.7. The third-order valence-electron chi connectivity index (χ3n) is 11.2. The Bertz CT molecular complexity index is 720. The van der Waals surface area contributed by atoms with E-state index in [-0.39, 0.29) is 0 Å². The minimum absolute atomic E-state index is 0.392. The molecule has 4 rings (SSSR count). The van der Waals surface area contributed by atoms with Gasteiger partial charge in [0.15, 0.2) is 0 Å². The summed E-state index contributed by atoms with van der Waals surface area (Å²) < 4.78 is 0. The van der Waals surface area contributed by atoms with E-state index in [2.05, 4.69) is 67.5 Å². The Hall–Kier alpha value is -0.520. The number of rotatable bonds is 5. The molecule has 1 unspecified atom stereocenters. The number of fused-ring (bicyclic) bond motifs is 5. The average Bonchev–Trinajstić information content (AvgIpc) is 2.92. The Morgan fingerprint density at radius 3 is 2.33 bits per heavy atom. The number of allylic oxidation sites excluding steroid dienone is 4. The van der Waals surface area contributed by atoms with E-state index in [4.69, 9.17) is 0 Å². The maximum Gasteiger partial charge on any atom is -0.00160 e. The van der Waals surface area contributed by atoms with E-state index in [0.29, 0.717) is 21.7 Å². The van der Waals surface area contributed by atoms with E-state index in [1.54, 1.807) is 11.1 Å². The van der Waals surface area contributed by atoms with E-state index < -0.39 is 0 Å². The molecule has 0 nitrogen and oxygen atoms in total. The highest BCUT2D eigenvalue weighted by Gasteiger charge is 2.62. The van der Waals surface area contributed by atoms with Gasteiger partial charge in [-0.2, -0.15) is 0 Å². The highest BCUT2D eigenvalue weighted by atomic mass is 14.7. The summed E-state index contributed by atoms with van der Waals surface area (Å²) in [4.78, 5) is 0. The van der Waals surface area contributed by atoms with Gasteiger partial charge in [-0.1, -0.05) is 93.2 Å². The van der Waals surface area contributed by atoms with Gasteiger partial charge < -0.3 is 0 Å². The Morgan fingerprint density at radius 1 is 0.900 bits per heavy atom. The molecule has 0 aliphatic heterocycles. The molecule has 30 heavy (non-hydrogen) atoms. The van der Waals surface area contributed by atoms with Crippen LogP contribution in [0, 0.1) is 45.3 Å². The smallest absolute Gasteiger partial charge is 0.00160 e. The number of hydrogen-bond donors (Lipinski definition) is 0.